The molecule has 0 atom stereocenters. The first-order valence-electron chi connectivity index (χ1n) is 12.4. The summed E-state index contributed by atoms with van der Waals surface area (Å²) >= 11 is 0. The lowest BCUT2D eigenvalue weighted by Crippen LogP contribution is -2.50. The molecule has 1 saturated heterocycles. The van der Waals surface area contributed by atoms with Gasteiger partial charge in [0, 0.05) is 55.7 Å². The molecule has 9 nitrogen and oxygen atoms in total. The number of aryl methyl sites for hydroxylation is 2. The maximum atomic E-state index is 15.6. The van der Waals surface area contributed by atoms with Gasteiger partial charge in [-0.2, -0.15) is 0 Å². The Bertz CT molecular complexity index is 1560. The van der Waals surface area contributed by atoms with E-state index in [4.69, 9.17) is 4.74 Å². The van der Waals surface area contributed by atoms with E-state index in [1.54, 1.807) is 30.3 Å². The van der Waals surface area contributed by atoms with Crippen LogP contribution in [0, 0.1) is 25.5 Å². The number of ether oxygens (including phenoxy) is 1. The number of nitrogens with zero attached hydrogens (tertiary/aromatic N) is 4. The summed E-state index contributed by atoms with van der Waals surface area (Å²) < 4.78 is 37.1. The maximum absolute atomic E-state index is 15.6. The Hall–Kier alpha value is -4.15. The first-order valence-corrected chi connectivity index (χ1v) is 12.4. The highest BCUT2D eigenvalue weighted by molar-refractivity contribution is 6.14. The molecule has 0 unspecified atom stereocenters. The number of hydrogen-bond donors (Lipinski definition) is 2. The van der Waals surface area contributed by atoms with Crippen LogP contribution in [-0.2, 0) is 4.74 Å². The number of anilines is 2. The van der Waals surface area contributed by atoms with E-state index in [1.165, 1.54) is 16.5 Å². The van der Waals surface area contributed by atoms with Crippen molar-refractivity contribution in [2.24, 2.45) is 0 Å². The lowest BCUT2D eigenvalue weighted by Gasteiger charge is -2.37. The van der Waals surface area contributed by atoms with E-state index in [-0.39, 0.29) is 16.9 Å². The molecule has 0 radical (unpaired) electrons. The number of amides is 2. The van der Waals surface area contributed by atoms with Crippen LogP contribution in [0.25, 0.3) is 16.6 Å². The van der Waals surface area contributed by atoms with Gasteiger partial charge in [0.15, 0.2) is 11.5 Å². The van der Waals surface area contributed by atoms with Gasteiger partial charge in [-0.3, -0.25) is 4.79 Å². The van der Waals surface area contributed by atoms with Crippen molar-refractivity contribution in [3.63, 3.8) is 0 Å². The molecule has 1 aliphatic heterocycles. The summed E-state index contributed by atoms with van der Waals surface area (Å²) in [5.41, 5.74) is 2.12. The number of halogens is 2. The molecule has 1 fully saturated rings. The summed E-state index contributed by atoms with van der Waals surface area (Å²) in [6.07, 6.45) is 2.81. The van der Waals surface area contributed by atoms with E-state index in [1.807, 2.05) is 32.6 Å². The Kier molecular flexibility index (Phi) is 6.24. The van der Waals surface area contributed by atoms with Crippen LogP contribution in [-0.4, -0.2) is 63.0 Å². The molecule has 0 spiro atoms. The second-order valence-corrected chi connectivity index (χ2v) is 10.6. The molecule has 5 rings (SSSR count). The van der Waals surface area contributed by atoms with E-state index in [2.05, 4.69) is 15.3 Å². The van der Waals surface area contributed by atoms with Gasteiger partial charge in [-0.25, -0.2) is 18.6 Å². The highest BCUT2D eigenvalue weighted by Crippen LogP contribution is 2.34. The van der Waals surface area contributed by atoms with Gasteiger partial charge in [0.25, 0.3) is 5.91 Å². The molecule has 200 valence electrons. The van der Waals surface area contributed by atoms with Crippen molar-refractivity contribution in [1.82, 2.24) is 19.3 Å². The predicted octanol–water partition coefficient (Wildman–Crippen LogP) is 5.02. The van der Waals surface area contributed by atoms with Crippen LogP contribution >= 0.6 is 0 Å². The fraction of sp³-hybridized carbons (Fsp3) is 0.370. The number of rotatable bonds is 3. The van der Waals surface area contributed by atoms with Crippen molar-refractivity contribution in [3.8, 4) is 0 Å². The van der Waals surface area contributed by atoms with Crippen molar-refractivity contribution >= 4 is 39.9 Å². The van der Waals surface area contributed by atoms with Gasteiger partial charge in [0.1, 0.15) is 11.4 Å². The number of carbonyl (C=O) groups is 2. The number of piperazine rings is 1. The lowest BCUT2D eigenvalue weighted by molar-refractivity contribution is 0.0240. The standard InChI is InChI=1S/C27H30F2N6O3/c1-15-10-18-22(30-15)19(25(36)32-17-11-21(29)24-31-16(2)13-35(24)14-17)12-20(28)23(18)33-6-8-34(9-7-33)26(37)38-27(3,4)5/h10-14,30H,6-9H2,1-5H3,(H,32,36). The van der Waals surface area contributed by atoms with Gasteiger partial charge < -0.3 is 29.2 Å². The molecule has 1 aromatic carbocycles. The highest BCUT2D eigenvalue weighted by atomic mass is 19.1. The zero-order valence-electron chi connectivity index (χ0n) is 22.0. The molecule has 2 N–H and O–H groups in total. The number of H-pyrrole nitrogens is 1. The molecular weight excluding hydrogens is 494 g/mol. The number of imidazole rings is 1. The molecule has 0 aliphatic carbocycles. The van der Waals surface area contributed by atoms with Gasteiger partial charge in [0.2, 0.25) is 0 Å². The summed E-state index contributed by atoms with van der Waals surface area (Å²) in [5, 5.41) is 3.24. The van der Waals surface area contributed by atoms with E-state index in [9.17, 15) is 14.0 Å². The Morgan fingerprint density at radius 1 is 1.03 bits per heavy atom. The minimum atomic E-state index is -0.596. The summed E-state index contributed by atoms with van der Waals surface area (Å²) in [5.74, 6) is -1.71. The van der Waals surface area contributed by atoms with Gasteiger partial charge in [-0.05, 0) is 46.8 Å². The smallest absolute Gasteiger partial charge is 0.410 e. The van der Waals surface area contributed by atoms with Gasteiger partial charge in [-0.1, -0.05) is 0 Å². The van der Waals surface area contributed by atoms with Crippen molar-refractivity contribution in [2.75, 3.05) is 36.4 Å². The summed E-state index contributed by atoms with van der Waals surface area (Å²) in [6, 6.07) is 4.18. The molecule has 3 aromatic heterocycles. The summed E-state index contributed by atoms with van der Waals surface area (Å²) in [7, 11) is 0. The highest BCUT2D eigenvalue weighted by Gasteiger charge is 2.29. The van der Waals surface area contributed by atoms with Crippen molar-refractivity contribution in [1.29, 1.82) is 0 Å². The SMILES string of the molecule is Cc1cn2cc(NC(=O)c3cc(F)c(N4CCN(C(=O)OC(C)(C)C)CC4)c4cc(C)[nH]c34)cc(F)c2n1. The van der Waals surface area contributed by atoms with Crippen LogP contribution in [0.15, 0.2) is 30.6 Å². The average Bonchev–Trinajstić information content (AvgIpc) is 3.39. The number of nitrogens with one attached hydrogen (secondary N) is 2. The fourth-order valence-electron chi connectivity index (χ4n) is 4.77. The first-order chi connectivity index (χ1) is 17.9. The van der Waals surface area contributed by atoms with Crippen LogP contribution in [0.2, 0.25) is 0 Å². The Morgan fingerprint density at radius 2 is 1.74 bits per heavy atom. The van der Waals surface area contributed by atoms with Crippen LogP contribution in [0.1, 0.15) is 42.5 Å². The average molecular weight is 525 g/mol. The minimum absolute atomic E-state index is 0.101. The summed E-state index contributed by atoms with van der Waals surface area (Å²) in [6.45, 7) is 10.6. The van der Waals surface area contributed by atoms with Crippen molar-refractivity contribution in [2.45, 2.75) is 40.2 Å². The van der Waals surface area contributed by atoms with E-state index >= 15 is 4.39 Å². The van der Waals surface area contributed by atoms with Crippen LogP contribution < -0.4 is 10.2 Å². The monoisotopic (exact) mass is 524 g/mol. The minimum Gasteiger partial charge on any atom is -0.444 e. The van der Waals surface area contributed by atoms with E-state index < -0.39 is 29.2 Å². The first kappa shape index (κ1) is 25.5. The largest absolute Gasteiger partial charge is 0.444 e. The number of aromatic amines is 1. The zero-order chi connectivity index (χ0) is 27.4. The predicted molar refractivity (Wildman–Crippen MR) is 141 cm³/mol. The van der Waals surface area contributed by atoms with Crippen molar-refractivity contribution < 1.29 is 23.1 Å². The third kappa shape index (κ3) is 4.88. The normalized spacial score (nSPS) is 14.4. The Morgan fingerprint density at radius 3 is 2.42 bits per heavy atom. The third-order valence-electron chi connectivity index (χ3n) is 6.35. The number of hydrogen-bond acceptors (Lipinski definition) is 5. The number of aromatic nitrogens is 3. The van der Waals surface area contributed by atoms with Gasteiger partial charge in [-0.15, -0.1) is 0 Å². The molecule has 0 saturated carbocycles. The topological polar surface area (TPSA) is 95.0 Å². The number of pyridine rings is 1. The fourth-order valence-corrected chi connectivity index (χ4v) is 4.77. The van der Waals surface area contributed by atoms with E-state index in [0.717, 1.165) is 5.69 Å². The second kappa shape index (κ2) is 9.30. The van der Waals surface area contributed by atoms with Gasteiger partial charge in [0.05, 0.1) is 28.1 Å². The second-order valence-electron chi connectivity index (χ2n) is 10.6. The van der Waals surface area contributed by atoms with E-state index in [0.29, 0.717) is 48.5 Å². The summed E-state index contributed by atoms with van der Waals surface area (Å²) in [4.78, 5) is 36.5. The molecule has 0 bridgehead atoms. The number of benzene rings is 1. The number of carbonyl (C=O) groups excluding carboxylic acids is 2. The Balaban J connectivity index is 1.41. The van der Waals surface area contributed by atoms with Crippen molar-refractivity contribution in [3.05, 3.63) is 59.2 Å². The van der Waals surface area contributed by atoms with Crippen LogP contribution in [0.5, 0.6) is 0 Å². The maximum Gasteiger partial charge on any atom is 0.410 e. The molecule has 2 amide bonds. The lowest BCUT2D eigenvalue weighted by atomic mass is 10.1. The zero-order valence-corrected chi connectivity index (χ0v) is 22.0. The molecule has 4 aromatic rings. The van der Waals surface area contributed by atoms with Crippen LogP contribution in [0.3, 0.4) is 0 Å². The molecule has 11 heteroatoms. The molecular formula is C27H30F2N6O3. The van der Waals surface area contributed by atoms with Crippen LogP contribution in [0.4, 0.5) is 25.0 Å². The quantitative estimate of drug-likeness (QED) is 0.393. The number of fused-ring (bicyclic) bond motifs is 2. The third-order valence-corrected chi connectivity index (χ3v) is 6.35. The van der Waals surface area contributed by atoms with Gasteiger partial charge >= 0.3 is 6.09 Å². The molecule has 38 heavy (non-hydrogen) atoms. The molecule has 1 aliphatic rings. The molecule has 4 heterocycles. The Labute approximate surface area is 218 Å².